The maximum absolute atomic E-state index is 12.8. The lowest BCUT2D eigenvalue weighted by Gasteiger charge is -2.05. The number of aromatic nitrogens is 1. The number of nitrogens with zero attached hydrogens (tertiary/aromatic N) is 1. The van der Waals surface area contributed by atoms with Crippen LogP contribution in [0.15, 0.2) is 24.3 Å². The van der Waals surface area contributed by atoms with Crippen molar-refractivity contribution in [3.05, 3.63) is 39.8 Å². The first kappa shape index (κ1) is 11.1. The highest BCUT2D eigenvalue weighted by molar-refractivity contribution is 7.09. The van der Waals surface area contributed by atoms with Gasteiger partial charge in [0, 0.05) is 11.9 Å². The van der Waals surface area contributed by atoms with Crippen molar-refractivity contribution >= 4 is 11.3 Å². The van der Waals surface area contributed by atoms with Gasteiger partial charge in [-0.1, -0.05) is 6.92 Å². The zero-order chi connectivity index (χ0) is 11.7. The molecule has 0 saturated carbocycles. The van der Waals surface area contributed by atoms with Crippen molar-refractivity contribution in [3.8, 4) is 11.3 Å². The number of rotatable bonds is 2. The Balaban J connectivity index is 2.63. The second-order valence-electron chi connectivity index (χ2n) is 3.60. The summed E-state index contributed by atoms with van der Waals surface area (Å²) in [5, 5.41) is 7.78. The first-order chi connectivity index (χ1) is 7.63. The molecule has 0 aliphatic carbocycles. The highest BCUT2D eigenvalue weighted by Gasteiger charge is 2.10. The van der Waals surface area contributed by atoms with Gasteiger partial charge in [0.1, 0.15) is 5.82 Å². The summed E-state index contributed by atoms with van der Waals surface area (Å²) < 4.78 is 14.7. The Kier molecular flexibility index (Phi) is 2.92. The van der Waals surface area contributed by atoms with Crippen molar-refractivity contribution in [2.24, 2.45) is 7.05 Å². The Morgan fingerprint density at radius 1 is 1.31 bits per heavy atom. The summed E-state index contributed by atoms with van der Waals surface area (Å²) in [5.74, 6) is -0.231. The van der Waals surface area contributed by atoms with Crippen LogP contribution in [0.1, 0.15) is 11.8 Å². The molecule has 4 heteroatoms. The maximum atomic E-state index is 12.8. The second-order valence-corrected chi connectivity index (χ2v) is 4.68. The molecule has 0 spiro atoms. The fraction of sp³-hybridized carbons (Fsp3) is 0.250. The van der Waals surface area contributed by atoms with Crippen molar-refractivity contribution < 1.29 is 4.39 Å². The van der Waals surface area contributed by atoms with Crippen LogP contribution in [0.3, 0.4) is 0 Å². The molecule has 0 bridgehead atoms. The van der Waals surface area contributed by atoms with Crippen molar-refractivity contribution in [1.29, 1.82) is 5.41 Å². The fourth-order valence-corrected chi connectivity index (χ4v) is 2.68. The number of hydrogen-bond donors (Lipinski definition) is 1. The van der Waals surface area contributed by atoms with Crippen LogP contribution in [-0.2, 0) is 13.5 Å². The number of hydrogen-bond acceptors (Lipinski definition) is 2. The first-order valence-corrected chi connectivity index (χ1v) is 5.94. The molecule has 0 fully saturated rings. The number of nitrogens with one attached hydrogen (secondary N) is 1. The van der Waals surface area contributed by atoms with Crippen molar-refractivity contribution in [2.45, 2.75) is 13.3 Å². The molecule has 1 heterocycles. The molecule has 0 radical (unpaired) electrons. The van der Waals surface area contributed by atoms with Crippen LogP contribution in [0.25, 0.3) is 11.3 Å². The van der Waals surface area contributed by atoms with E-state index in [1.807, 2.05) is 11.6 Å². The van der Waals surface area contributed by atoms with E-state index >= 15 is 0 Å². The topological polar surface area (TPSA) is 28.8 Å². The number of aryl methyl sites for hydroxylation is 1. The van der Waals surface area contributed by atoms with Crippen LogP contribution in [0, 0.1) is 11.2 Å². The lowest BCUT2D eigenvalue weighted by Crippen LogP contribution is -2.08. The maximum Gasteiger partial charge on any atom is 0.182 e. The van der Waals surface area contributed by atoms with E-state index in [0.717, 1.165) is 17.7 Å². The summed E-state index contributed by atoms with van der Waals surface area (Å²) in [7, 11) is 1.87. The molecular formula is C12H13FN2S. The molecule has 84 valence electrons. The summed E-state index contributed by atoms with van der Waals surface area (Å²) in [4.78, 5) is 1.69. The van der Waals surface area contributed by atoms with Gasteiger partial charge in [0.05, 0.1) is 5.69 Å². The summed E-state index contributed by atoms with van der Waals surface area (Å²) in [6.45, 7) is 2.07. The van der Waals surface area contributed by atoms with E-state index in [-0.39, 0.29) is 5.82 Å². The summed E-state index contributed by atoms with van der Waals surface area (Å²) in [5.41, 5.74) is 1.99. The molecule has 1 aromatic carbocycles. The molecular weight excluding hydrogens is 223 g/mol. The molecule has 2 nitrogen and oxygen atoms in total. The van der Waals surface area contributed by atoms with E-state index < -0.39 is 0 Å². The minimum Gasteiger partial charge on any atom is -0.320 e. The highest BCUT2D eigenvalue weighted by Crippen LogP contribution is 2.25. The standard InChI is InChI=1S/C12H13FN2S/c1-3-10-11(15(2)12(14)16-10)8-4-6-9(13)7-5-8/h4-7,14H,3H2,1-2H3. The van der Waals surface area contributed by atoms with E-state index in [4.69, 9.17) is 5.41 Å². The van der Waals surface area contributed by atoms with Gasteiger partial charge >= 0.3 is 0 Å². The molecule has 16 heavy (non-hydrogen) atoms. The number of halogens is 1. The van der Waals surface area contributed by atoms with Gasteiger partial charge in [-0.3, -0.25) is 5.41 Å². The van der Waals surface area contributed by atoms with Crippen molar-refractivity contribution in [3.63, 3.8) is 0 Å². The van der Waals surface area contributed by atoms with Gasteiger partial charge in [-0.15, -0.1) is 11.3 Å². The van der Waals surface area contributed by atoms with Crippen LogP contribution in [-0.4, -0.2) is 4.57 Å². The molecule has 1 N–H and O–H groups in total. The molecule has 1 aromatic heterocycles. The third-order valence-electron chi connectivity index (χ3n) is 2.56. The molecule has 0 amide bonds. The third kappa shape index (κ3) is 1.80. The van der Waals surface area contributed by atoms with E-state index in [0.29, 0.717) is 4.80 Å². The largest absolute Gasteiger partial charge is 0.320 e. The zero-order valence-electron chi connectivity index (χ0n) is 9.25. The van der Waals surface area contributed by atoms with Gasteiger partial charge in [0.15, 0.2) is 4.80 Å². The van der Waals surface area contributed by atoms with Crippen LogP contribution >= 0.6 is 11.3 Å². The van der Waals surface area contributed by atoms with Crippen molar-refractivity contribution in [1.82, 2.24) is 4.57 Å². The fourth-order valence-electron chi connectivity index (χ4n) is 1.72. The molecule has 2 rings (SSSR count). The van der Waals surface area contributed by atoms with Crippen LogP contribution < -0.4 is 4.80 Å². The van der Waals surface area contributed by atoms with Gasteiger partial charge in [-0.05, 0) is 36.2 Å². The highest BCUT2D eigenvalue weighted by atomic mass is 32.1. The Morgan fingerprint density at radius 3 is 2.50 bits per heavy atom. The van der Waals surface area contributed by atoms with Gasteiger partial charge in [-0.2, -0.15) is 0 Å². The van der Waals surface area contributed by atoms with E-state index in [1.54, 1.807) is 12.1 Å². The van der Waals surface area contributed by atoms with Gasteiger partial charge in [-0.25, -0.2) is 4.39 Å². The van der Waals surface area contributed by atoms with E-state index in [2.05, 4.69) is 6.92 Å². The Morgan fingerprint density at radius 2 is 1.94 bits per heavy atom. The second kappa shape index (κ2) is 4.22. The average molecular weight is 236 g/mol. The molecule has 0 saturated heterocycles. The van der Waals surface area contributed by atoms with Gasteiger partial charge in [0.25, 0.3) is 0 Å². The predicted molar refractivity (Wildman–Crippen MR) is 63.9 cm³/mol. The van der Waals surface area contributed by atoms with Crippen LogP contribution in [0.4, 0.5) is 4.39 Å². The molecule has 0 atom stereocenters. The quantitative estimate of drug-likeness (QED) is 0.830. The van der Waals surface area contributed by atoms with Crippen LogP contribution in [0.2, 0.25) is 0 Å². The summed E-state index contributed by atoms with van der Waals surface area (Å²) >= 11 is 1.48. The molecule has 0 aliphatic rings. The summed E-state index contributed by atoms with van der Waals surface area (Å²) in [6.07, 6.45) is 0.893. The predicted octanol–water partition coefficient (Wildman–Crippen LogP) is 2.93. The minimum absolute atomic E-state index is 0.231. The first-order valence-electron chi connectivity index (χ1n) is 5.12. The SMILES string of the molecule is CCc1sc(=N)n(C)c1-c1ccc(F)cc1. The Hall–Kier alpha value is -1.42. The average Bonchev–Trinajstić information content (AvgIpc) is 2.57. The molecule has 0 aliphatic heterocycles. The van der Waals surface area contributed by atoms with E-state index in [9.17, 15) is 4.39 Å². The Bertz CT molecular complexity index is 551. The third-order valence-corrected chi connectivity index (χ3v) is 3.76. The van der Waals surface area contributed by atoms with Gasteiger partial charge < -0.3 is 4.57 Å². The summed E-state index contributed by atoms with van der Waals surface area (Å²) in [6, 6.07) is 6.43. The number of thiazole rings is 1. The van der Waals surface area contributed by atoms with E-state index in [1.165, 1.54) is 28.3 Å². The number of benzene rings is 1. The van der Waals surface area contributed by atoms with Crippen LogP contribution in [0.5, 0.6) is 0 Å². The zero-order valence-corrected chi connectivity index (χ0v) is 10.1. The molecule has 2 aromatic rings. The Labute approximate surface area is 97.5 Å². The van der Waals surface area contributed by atoms with Crippen molar-refractivity contribution in [2.75, 3.05) is 0 Å². The monoisotopic (exact) mass is 236 g/mol. The van der Waals surface area contributed by atoms with Gasteiger partial charge in [0.2, 0.25) is 0 Å². The minimum atomic E-state index is -0.231. The lowest BCUT2D eigenvalue weighted by atomic mass is 10.1. The normalized spacial score (nSPS) is 10.7. The lowest BCUT2D eigenvalue weighted by molar-refractivity contribution is 0.628. The molecule has 0 unspecified atom stereocenters. The smallest absolute Gasteiger partial charge is 0.182 e.